The molecule has 0 spiro atoms. The van der Waals surface area contributed by atoms with Gasteiger partial charge in [0.25, 0.3) is 11.1 Å². The third-order valence-corrected chi connectivity index (χ3v) is 5.82. The molecule has 11 heteroatoms. The molecule has 9 nitrogen and oxygen atoms in total. The van der Waals surface area contributed by atoms with Crippen molar-refractivity contribution in [3.05, 3.63) is 74.4 Å². The number of alkyl halides is 2. The number of nitrogens with one attached hydrogen (secondary N) is 2. The Balaban J connectivity index is 1.80. The number of benzene rings is 1. The second kappa shape index (κ2) is 9.47. The van der Waals surface area contributed by atoms with E-state index in [-0.39, 0.29) is 16.8 Å². The molecule has 0 unspecified atom stereocenters. The van der Waals surface area contributed by atoms with Gasteiger partial charge in [0.2, 0.25) is 0 Å². The summed E-state index contributed by atoms with van der Waals surface area (Å²) in [7, 11) is 1.64. The highest BCUT2D eigenvalue weighted by Crippen LogP contribution is 2.26. The summed E-state index contributed by atoms with van der Waals surface area (Å²) in [6, 6.07) is 6.22. The second-order valence-electron chi connectivity index (χ2n) is 9.82. The van der Waals surface area contributed by atoms with Gasteiger partial charge < -0.3 is 20.3 Å². The minimum Gasteiger partial charge on any atom is -0.389 e. The molecule has 192 valence electrons. The number of fused-ring (bicyclic) bond motifs is 1. The Kier molecular flexibility index (Phi) is 6.72. The van der Waals surface area contributed by atoms with Crippen molar-refractivity contribution in [1.82, 2.24) is 19.2 Å². The van der Waals surface area contributed by atoms with E-state index in [1.165, 1.54) is 33.5 Å². The molecule has 0 bridgehead atoms. The Morgan fingerprint density at radius 2 is 1.75 bits per heavy atom. The fourth-order valence-corrected chi connectivity index (χ4v) is 4.33. The van der Waals surface area contributed by atoms with E-state index in [1.807, 2.05) is 4.90 Å². The van der Waals surface area contributed by atoms with Crippen molar-refractivity contribution in [1.29, 1.82) is 0 Å². The van der Waals surface area contributed by atoms with Crippen molar-refractivity contribution < 1.29 is 13.9 Å². The van der Waals surface area contributed by atoms with Crippen LogP contribution in [-0.2, 0) is 20.0 Å². The summed E-state index contributed by atoms with van der Waals surface area (Å²) in [5.41, 5.74) is 0.556. The molecule has 0 fully saturated rings. The summed E-state index contributed by atoms with van der Waals surface area (Å²) >= 11 is 0. The van der Waals surface area contributed by atoms with Gasteiger partial charge in [-0.05, 0) is 56.7 Å². The molecule has 0 atom stereocenters. The number of nitrogens with zero attached hydrogens (tertiary/aromatic N) is 4. The zero-order valence-corrected chi connectivity index (χ0v) is 20.7. The first-order valence-electron chi connectivity index (χ1n) is 11.6. The van der Waals surface area contributed by atoms with Gasteiger partial charge in [0.15, 0.2) is 5.82 Å². The van der Waals surface area contributed by atoms with Crippen molar-refractivity contribution in [2.45, 2.75) is 45.4 Å². The first-order chi connectivity index (χ1) is 16.8. The summed E-state index contributed by atoms with van der Waals surface area (Å²) in [6.07, 6.45) is 2.14. The van der Waals surface area contributed by atoms with Crippen LogP contribution in [0.5, 0.6) is 0 Å². The van der Waals surface area contributed by atoms with E-state index in [0.29, 0.717) is 54.4 Å². The van der Waals surface area contributed by atoms with E-state index in [2.05, 4.69) is 15.7 Å². The molecular weight excluding hydrogens is 470 g/mol. The van der Waals surface area contributed by atoms with E-state index in [9.17, 15) is 23.5 Å². The van der Waals surface area contributed by atoms with Gasteiger partial charge >= 0.3 is 6.05 Å². The predicted octanol–water partition coefficient (Wildman–Crippen LogP) is 2.83. The molecule has 0 radical (unpaired) electrons. The van der Waals surface area contributed by atoms with Crippen LogP contribution < -0.4 is 21.8 Å². The third-order valence-electron chi connectivity index (χ3n) is 5.82. The smallest absolute Gasteiger partial charge is 0.320 e. The van der Waals surface area contributed by atoms with Gasteiger partial charge in [-0.1, -0.05) is 0 Å². The number of aryl methyl sites for hydroxylation is 1. The topological polar surface area (TPSA) is 104 Å². The molecule has 1 aromatic carbocycles. The maximum atomic E-state index is 13.5. The first-order valence-corrected chi connectivity index (χ1v) is 11.6. The number of halogens is 2. The van der Waals surface area contributed by atoms with Crippen molar-refractivity contribution in [2.24, 2.45) is 7.05 Å². The number of rotatable bonds is 7. The van der Waals surface area contributed by atoms with Crippen LogP contribution in [0.15, 0.2) is 52.2 Å². The fourth-order valence-electron chi connectivity index (χ4n) is 4.33. The lowest BCUT2D eigenvalue weighted by atomic mass is 9.99. The van der Waals surface area contributed by atoms with Crippen LogP contribution in [-0.4, -0.2) is 49.1 Å². The number of hydrogen-bond acceptors (Lipinski definition) is 7. The number of aliphatic hydroxyl groups is 1. The van der Waals surface area contributed by atoms with Crippen molar-refractivity contribution >= 4 is 17.2 Å². The Hall–Kier alpha value is -3.57. The van der Waals surface area contributed by atoms with Gasteiger partial charge in [-0.15, -0.1) is 5.10 Å². The summed E-state index contributed by atoms with van der Waals surface area (Å²) in [6.45, 7) is 5.45. The standard InChI is InChI=1S/C25H30F2N6O3/c1-24(2,36)15-32-13-11-18-19(14-32)22(34)33(17-9-7-16(8-10-17)29-25(3,26)27)30-21(18)28-20-6-5-12-31(4)23(20)35/h5-10,12,29,36H,11,13-15H2,1-4H3,(H,28,30). The third kappa shape index (κ3) is 5.80. The van der Waals surface area contributed by atoms with Gasteiger partial charge in [0, 0.05) is 56.6 Å². The van der Waals surface area contributed by atoms with Crippen LogP contribution in [0.1, 0.15) is 31.9 Å². The SMILES string of the molecule is Cn1cccc(Nc2nn(-c3ccc(NC(C)(F)F)cc3)c(=O)c3c2CCN(CC(C)(C)O)C3)c1=O. The molecule has 0 aliphatic carbocycles. The number of aromatic nitrogens is 3. The predicted molar refractivity (Wildman–Crippen MR) is 134 cm³/mol. The van der Waals surface area contributed by atoms with E-state index in [1.54, 1.807) is 39.2 Å². The fraction of sp³-hybridized carbons (Fsp3) is 0.400. The number of hydrogen-bond donors (Lipinski definition) is 3. The molecule has 1 aliphatic rings. The van der Waals surface area contributed by atoms with Gasteiger partial charge in [0.05, 0.1) is 11.3 Å². The maximum Gasteiger partial charge on any atom is 0.320 e. The van der Waals surface area contributed by atoms with E-state index in [4.69, 9.17) is 0 Å². The van der Waals surface area contributed by atoms with Crippen LogP contribution in [0, 0.1) is 0 Å². The first kappa shape index (κ1) is 25.5. The summed E-state index contributed by atoms with van der Waals surface area (Å²) < 4.78 is 29.3. The van der Waals surface area contributed by atoms with Crippen molar-refractivity contribution in [2.75, 3.05) is 23.7 Å². The highest BCUT2D eigenvalue weighted by Gasteiger charge is 2.28. The Bertz CT molecular complexity index is 1370. The number of pyridine rings is 1. The molecule has 36 heavy (non-hydrogen) atoms. The van der Waals surface area contributed by atoms with Crippen LogP contribution in [0.3, 0.4) is 0 Å². The lowest BCUT2D eigenvalue weighted by Gasteiger charge is -2.33. The summed E-state index contributed by atoms with van der Waals surface area (Å²) in [4.78, 5) is 28.2. The lowest BCUT2D eigenvalue weighted by Crippen LogP contribution is -2.44. The zero-order chi connectivity index (χ0) is 26.3. The average Bonchev–Trinajstić information content (AvgIpc) is 2.77. The van der Waals surface area contributed by atoms with E-state index >= 15 is 0 Å². The molecule has 2 aromatic heterocycles. The Morgan fingerprint density at radius 1 is 1.06 bits per heavy atom. The highest BCUT2D eigenvalue weighted by atomic mass is 19.3. The normalized spacial score (nSPS) is 14.4. The summed E-state index contributed by atoms with van der Waals surface area (Å²) in [5.74, 6) is 0.373. The quantitative estimate of drug-likeness (QED) is 0.429. The second-order valence-corrected chi connectivity index (χ2v) is 9.82. The molecular formula is C25H30F2N6O3. The van der Waals surface area contributed by atoms with Crippen LogP contribution in [0.2, 0.25) is 0 Å². The Morgan fingerprint density at radius 3 is 2.39 bits per heavy atom. The summed E-state index contributed by atoms with van der Waals surface area (Å²) in [5, 5.41) is 20.0. The molecule has 3 aromatic rings. The molecule has 1 aliphatic heterocycles. The zero-order valence-electron chi connectivity index (χ0n) is 20.7. The van der Waals surface area contributed by atoms with Gasteiger partial charge in [0.1, 0.15) is 5.69 Å². The van der Waals surface area contributed by atoms with Gasteiger partial charge in [-0.2, -0.15) is 13.5 Å². The number of anilines is 3. The van der Waals surface area contributed by atoms with Crippen molar-refractivity contribution in [3.63, 3.8) is 0 Å². The maximum absolute atomic E-state index is 13.5. The monoisotopic (exact) mass is 500 g/mol. The van der Waals surface area contributed by atoms with Crippen LogP contribution in [0.4, 0.5) is 26.0 Å². The Labute approximate surface area is 207 Å². The average molecular weight is 501 g/mol. The minimum atomic E-state index is -3.09. The molecule has 0 saturated carbocycles. The van der Waals surface area contributed by atoms with E-state index < -0.39 is 11.6 Å². The van der Waals surface area contributed by atoms with Crippen LogP contribution in [0.25, 0.3) is 5.69 Å². The highest BCUT2D eigenvalue weighted by molar-refractivity contribution is 5.60. The van der Waals surface area contributed by atoms with Crippen molar-refractivity contribution in [3.8, 4) is 5.69 Å². The molecule has 0 saturated heterocycles. The van der Waals surface area contributed by atoms with Gasteiger partial charge in [-0.25, -0.2) is 0 Å². The molecule has 3 N–H and O–H groups in total. The largest absolute Gasteiger partial charge is 0.389 e. The number of β-amino-alcohol motifs (C(OH)–C–C–N with tert-alkyl or cyclic N) is 1. The molecule has 4 rings (SSSR count). The lowest BCUT2D eigenvalue weighted by molar-refractivity contribution is 0.0315. The van der Waals surface area contributed by atoms with Crippen LogP contribution >= 0.6 is 0 Å². The molecule has 0 amide bonds. The van der Waals surface area contributed by atoms with E-state index in [0.717, 1.165) is 6.92 Å². The van der Waals surface area contributed by atoms with Gasteiger partial charge in [-0.3, -0.25) is 14.5 Å². The molecule has 3 heterocycles. The minimum absolute atomic E-state index is 0.194.